The standard InChI is InChI=1S/C6H9O5S.Na/c1-3-5(7)11-6(4-2)12(8,9)10;/h3,6H,1-2,4H2,(H,8,9,10);/q-1;+1. The van der Waals surface area contributed by atoms with Gasteiger partial charge in [-0.15, -0.1) is 6.42 Å². The van der Waals surface area contributed by atoms with E-state index in [1.807, 2.05) is 0 Å². The summed E-state index contributed by atoms with van der Waals surface area (Å²) in [7, 11) is -4.37. The molecule has 7 heteroatoms. The van der Waals surface area contributed by atoms with Gasteiger partial charge < -0.3 is 11.7 Å². The molecule has 0 radical (unpaired) electrons. The van der Waals surface area contributed by atoms with Crippen molar-refractivity contribution >= 4 is 16.1 Å². The molecule has 0 saturated heterocycles. The van der Waals surface area contributed by atoms with E-state index >= 15 is 0 Å². The van der Waals surface area contributed by atoms with E-state index in [4.69, 9.17) is 4.55 Å². The van der Waals surface area contributed by atoms with Gasteiger partial charge in [-0.2, -0.15) is 8.42 Å². The molecule has 0 fully saturated rings. The quantitative estimate of drug-likeness (QED) is 0.180. The van der Waals surface area contributed by atoms with E-state index in [2.05, 4.69) is 18.2 Å². The smallest absolute Gasteiger partial charge is 0.443 e. The maximum atomic E-state index is 10.5. The maximum absolute atomic E-state index is 10.5. The first-order chi connectivity index (χ1) is 5.41. The first-order valence-corrected chi connectivity index (χ1v) is 4.50. The minimum atomic E-state index is -4.37. The summed E-state index contributed by atoms with van der Waals surface area (Å²) in [5.74, 6) is -0.915. The third-order valence-electron chi connectivity index (χ3n) is 0.982. The molecule has 0 aromatic heterocycles. The molecule has 0 saturated carbocycles. The minimum Gasteiger partial charge on any atom is -0.443 e. The third-order valence-corrected chi connectivity index (χ3v) is 1.98. The van der Waals surface area contributed by atoms with Crippen LogP contribution in [-0.4, -0.2) is 24.4 Å². The predicted octanol–water partition coefficient (Wildman–Crippen LogP) is -2.84. The summed E-state index contributed by atoms with van der Waals surface area (Å²) in [6, 6.07) is 0. The number of ether oxygens (including phenoxy) is 1. The van der Waals surface area contributed by atoms with Crippen LogP contribution in [0.5, 0.6) is 0 Å². The third kappa shape index (κ3) is 6.23. The fourth-order valence-corrected chi connectivity index (χ4v) is 0.961. The molecule has 0 rings (SSSR count). The van der Waals surface area contributed by atoms with Gasteiger partial charge in [-0.1, -0.05) is 6.58 Å². The summed E-state index contributed by atoms with van der Waals surface area (Å²) >= 11 is 0. The van der Waals surface area contributed by atoms with Crippen LogP contribution in [0.2, 0.25) is 0 Å². The van der Waals surface area contributed by atoms with Crippen molar-refractivity contribution in [1.29, 1.82) is 0 Å². The Morgan fingerprint density at radius 2 is 2.15 bits per heavy atom. The van der Waals surface area contributed by atoms with Crippen LogP contribution in [0.4, 0.5) is 0 Å². The van der Waals surface area contributed by atoms with Crippen LogP contribution in [0.1, 0.15) is 6.42 Å². The molecule has 0 aliphatic heterocycles. The Labute approximate surface area is 99.2 Å². The van der Waals surface area contributed by atoms with Crippen LogP contribution >= 0.6 is 0 Å². The summed E-state index contributed by atoms with van der Waals surface area (Å²) < 4.78 is 33.5. The van der Waals surface area contributed by atoms with E-state index < -0.39 is 21.5 Å². The first-order valence-electron chi connectivity index (χ1n) is 3.00. The number of hydrogen-bond acceptors (Lipinski definition) is 4. The van der Waals surface area contributed by atoms with Gasteiger partial charge in [0.1, 0.15) is 0 Å². The van der Waals surface area contributed by atoms with Gasteiger partial charge in [0.2, 0.25) is 5.44 Å². The van der Waals surface area contributed by atoms with E-state index in [1.54, 1.807) is 0 Å². The van der Waals surface area contributed by atoms with Gasteiger partial charge in [0, 0.05) is 6.08 Å². The topological polar surface area (TPSA) is 80.7 Å². The second kappa shape index (κ2) is 6.56. The summed E-state index contributed by atoms with van der Waals surface area (Å²) in [5.41, 5.74) is -1.61. The van der Waals surface area contributed by atoms with Gasteiger partial charge in [-0.25, -0.2) is 4.79 Å². The van der Waals surface area contributed by atoms with Gasteiger partial charge in [-0.3, -0.25) is 4.55 Å². The molecule has 0 amide bonds. The number of carbonyl (C=O) groups is 1. The number of hydrogen-bond donors (Lipinski definition) is 1. The van der Waals surface area contributed by atoms with Gasteiger partial charge in [-0.05, 0) is 0 Å². The average molecular weight is 216 g/mol. The van der Waals surface area contributed by atoms with Crippen LogP contribution in [0.3, 0.4) is 0 Å². The second-order valence-electron chi connectivity index (χ2n) is 1.87. The predicted molar refractivity (Wildman–Crippen MR) is 41.6 cm³/mol. The summed E-state index contributed by atoms with van der Waals surface area (Å²) in [6.45, 7) is 6.25. The Balaban J connectivity index is 0. The molecule has 5 nitrogen and oxygen atoms in total. The fraction of sp³-hybridized carbons (Fsp3) is 0.333. The van der Waals surface area contributed by atoms with Crippen LogP contribution < -0.4 is 29.6 Å². The minimum absolute atomic E-state index is 0. The Bertz CT molecular complexity index is 271. The van der Waals surface area contributed by atoms with E-state index in [0.29, 0.717) is 0 Å². The fourth-order valence-electron chi connectivity index (χ4n) is 0.446. The summed E-state index contributed by atoms with van der Waals surface area (Å²) in [6.07, 6.45) is 0.548. The number of rotatable bonds is 4. The van der Waals surface area contributed by atoms with Crippen LogP contribution in [0.25, 0.3) is 0 Å². The normalized spacial score (nSPS) is 12.5. The van der Waals surface area contributed by atoms with Crippen LogP contribution in [0.15, 0.2) is 12.7 Å². The molecular weight excluding hydrogens is 207 g/mol. The summed E-state index contributed by atoms with van der Waals surface area (Å²) in [5, 5.41) is 0. The molecule has 1 unspecified atom stereocenters. The van der Waals surface area contributed by atoms with E-state index in [0.717, 1.165) is 6.08 Å². The second-order valence-corrected chi connectivity index (χ2v) is 3.43. The molecule has 0 aliphatic rings. The Hall–Kier alpha value is 0.120. The van der Waals surface area contributed by atoms with Crippen molar-refractivity contribution in [2.45, 2.75) is 11.9 Å². The zero-order chi connectivity index (χ0) is 9.78. The molecule has 0 heterocycles. The van der Waals surface area contributed by atoms with Gasteiger partial charge in [0.05, 0.1) is 0 Å². The van der Waals surface area contributed by atoms with Crippen molar-refractivity contribution in [3.63, 3.8) is 0 Å². The molecule has 0 spiro atoms. The molecule has 1 N–H and O–H groups in total. The molecule has 0 bridgehead atoms. The van der Waals surface area contributed by atoms with Crippen LogP contribution in [0, 0.1) is 6.92 Å². The molecule has 13 heavy (non-hydrogen) atoms. The average Bonchev–Trinajstić information content (AvgIpc) is 1.97. The monoisotopic (exact) mass is 216 g/mol. The summed E-state index contributed by atoms with van der Waals surface area (Å²) in [4.78, 5) is 10.5. The van der Waals surface area contributed by atoms with Crippen LogP contribution in [-0.2, 0) is 19.6 Å². The largest absolute Gasteiger partial charge is 1.00 e. The molecule has 1 atom stereocenters. The van der Waals surface area contributed by atoms with Gasteiger partial charge in [0.25, 0.3) is 0 Å². The number of carbonyl (C=O) groups excluding carboxylic acids is 1. The van der Waals surface area contributed by atoms with E-state index in [1.165, 1.54) is 0 Å². The SMILES string of the molecule is C=CC(=O)OC(C[CH2-])S(=O)(=O)O.[Na+]. The van der Waals surface area contributed by atoms with Crippen molar-refractivity contribution in [3.8, 4) is 0 Å². The van der Waals surface area contributed by atoms with Crippen molar-refractivity contribution < 1.29 is 52.1 Å². The molecule has 0 aliphatic carbocycles. The molecule has 0 aromatic rings. The molecule has 70 valence electrons. The Kier molecular flexibility index (Phi) is 7.86. The van der Waals surface area contributed by atoms with E-state index in [9.17, 15) is 13.2 Å². The van der Waals surface area contributed by atoms with E-state index in [-0.39, 0.29) is 36.0 Å². The van der Waals surface area contributed by atoms with Crippen molar-refractivity contribution in [1.82, 2.24) is 0 Å². The maximum Gasteiger partial charge on any atom is 1.00 e. The van der Waals surface area contributed by atoms with Crippen molar-refractivity contribution in [2.75, 3.05) is 0 Å². The number of esters is 1. The first kappa shape index (κ1) is 15.6. The molecular formula is C6H9NaO5S. The Morgan fingerprint density at radius 3 is 2.38 bits per heavy atom. The van der Waals surface area contributed by atoms with Crippen molar-refractivity contribution in [2.24, 2.45) is 0 Å². The van der Waals surface area contributed by atoms with Gasteiger partial charge >= 0.3 is 45.6 Å². The van der Waals surface area contributed by atoms with Crippen molar-refractivity contribution in [3.05, 3.63) is 19.6 Å². The zero-order valence-electron chi connectivity index (χ0n) is 7.26. The van der Waals surface area contributed by atoms with Gasteiger partial charge in [0.15, 0.2) is 0 Å². The molecule has 0 aromatic carbocycles. The zero-order valence-corrected chi connectivity index (χ0v) is 10.1. The Morgan fingerprint density at radius 1 is 1.69 bits per heavy atom.